The second-order valence-corrected chi connectivity index (χ2v) is 8.85. The molecular weight excluding hydrogens is 481 g/mol. The van der Waals surface area contributed by atoms with E-state index in [9.17, 15) is 27.6 Å². The van der Waals surface area contributed by atoms with Gasteiger partial charge in [-0.15, -0.1) is 0 Å². The Kier molecular flexibility index (Phi) is 7.04. The molecule has 3 amide bonds. The number of amides is 3. The average Bonchev–Trinajstić information content (AvgIpc) is 3.31. The zero-order valence-electron chi connectivity index (χ0n) is 19.7. The lowest BCUT2D eigenvalue weighted by atomic mass is 10.1. The van der Waals surface area contributed by atoms with Gasteiger partial charge in [0.1, 0.15) is 12.3 Å². The van der Waals surface area contributed by atoms with Gasteiger partial charge in [0.05, 0.1) is 6.20 Å². The van der Waals surface area contributed by atoms with Gasteiger partial charge in [-0.05, 0) is 37.6 Å². The summed E-state index contributed by atoms with van der Waals surface area (Å²) in [4.78, 5) is 44.6. The summed E-state index contributed by atoms with van der Waals surface area (Å²) in [6, 6.07) is 7.75. The fraction of sp³-hybridized carbons (Fsp3) is 0.417. The number of nitrogens with one attached hydrogen (secondary N) is 1. The number of aromatic nitrogens is 1. The molecule has 0 radical (unpaired) electrons. The van der Waals surface area contributed by atoms with Crippen molar-refractivity contribution in [2.24, 2.45) is 0 Å². The molecule has 4 rings (SSSR count). The molecule has 1 aromatic carbocycles. The van der Waals surface area contributed by atoms with Crippen molar-refractivity contribution in [3.8, 4) is 11.6 Å². The first kappa shape index (κ1) is 25.3. The monoisotopic (exact) mass is 506 g/mol. The van der Waals surface area contributed by atoms with Gasteiger partial charge < -0.3 is 24.6 Å². The Hall–Kier alpha value is -3.83. The van der Waals surface area contributed by atoms with Crippen LogP contribution < -0.4 is 19.7 Å². The third-order valence-electron chi connectivity index (χ3n) is 5.60. The van der Waals surface area contributed by atoms with E-state index in [0.717, 1.165) is 5.56 Å². The molecule has 12 heteroatoms. The van der Waals surface area contributed by atoms with Gasteiger partial charge in [0.2, 0.25) is 11.8 Å². The van der Waals surface area contributed by atoms with Gasteiger partial charge in [-0.3, -0.25) is 14.4 Å². The van der Waals surface area contributed by atoms with Crippen molar-refractivity contribution in [3.05, 3.63) is 47.7 Å². The van der Waals surface area contributed by atoms with Crippen LogP contribution in [0.4, 0.5) is 18.9 Å². The second kappa shape index (κ2) is 10.0. The summed E-state index contributed by atoms with van der Waals surface area (Å²) in [6.07, 6.45) is -3.72. The molecule has 2 aliphatic heterocycles. The molecule has 1 aromatic heterocycles. The first-order valence-corrected chi connectivity index (χ1v) is 11.4. The number of anilines is 1. The van der Waals surface area contributed by atoms with Crippen molar-refractivity contribution in [1.29, 1.82) is 0 Å². The molecule has 0 unspecified atom stereocenters. The lowest BCUT2D eigenvalue weighted by Gasteiger charge is -2.18. The van der Waals surface area contributed by atoms with Gasteiger partial charge in [-0.25, -0.2) is 4.98 Å². The number of hydrogen-bond donors (Lipinski definition) is 1. The molecule has 1 N–H and O–H groups in total. The van der Waals surface area contributed by atoms with Gasteiger partial charge in [0.25, 0.3) is 11.8 Å². The van der Waals surface area contributed by atoms with Crippen LogP contribution >= 0.6 is 0 Å². The normalized spacial score (nSPS) is 17.6. The Morgan fingerprint density at radius 1 is 1.22 bits per heavy atom. The van der Waals surface area contributed by atoms with E-state index in [1.54, 1.807) is 18.2 Å². The summed E-state index contributed by atoms with van der Waals surface area (Å²) in [7, 11) is 0. The van der Waals surface area contributed by atoms with E-state index >= 15 is 0 Å². The predicted molar refractivity (Wildman–Crippen MR) is 122 cm³/mol. The van der Waals surface area contributed by atoms with E-state index in [2.05, 4.69) is 15.0 Å². The highest BCUT2D eigenvalue weighted by Crippen LogP contribution is 2.31. The van der Waals surface area contributed by atoms with Crippen LogP contribution in [0.15, 0.2) is 36.5 Å². The number of nitrogens with zero attached hydrogens (tertiary/aromatic N) is 3. The van der Waals surface area contributed by atoms with E-state index in [0.29, 0.717) is 30.8 Å². The quantitative estimate of drug-likeness (QED) is 0.591. The number of ether oxygens (including phenoxy) is 2. The van der Waals surface area contributed by atoms with E-state index in [-0.39, 0.29) is 41.9 Å². The minimum absolute atomic E-state index is 0.0306. The molecule has 2 aliphatic rings. The summed E-state index contributed by atoms with van der Waals surface area (Å²) in [5.74, 6) is -0.822. The predicted octanol–water partition coefficient (Wildman–Crippen LogP) is 2.69. The van der Waals surface area contributed by atoms with Gasteiger partial charge in [-0.2, -0.15) is 13.2 Å². The van der Waals surface area contributed by atoms with Crippen LogP contribution in [-0.2, 0) is 16.1 Å². The van der Waals surface area contributed by atoms with Gasteiger partial charge in [0.15, 0.2) is 12.7 Å². The molecule has 9 nitrogen and oxygen atoms in total. The van der Waals surface area contributed by atoms with Gasteiger partial charge >= 0.3 is 6.18 Å². The molecule has 3 heterocycles. The van der Waals surface area contributed by atoms with Crippen molar-refractivity contribution in [1.82, 2.24) is 15.2 Å². The van der Waals surface area contributed by atoms with Crippen LogP contribution in [0.5, 0.6) is 11.6 Å². The molecule has 36 heavy (non-hydrogen) atoms. The molecule has 1 atom stereocenters. The van der Waals surface area contributed by atoms with Crippen LogP contribution in [0.25, 0.3) is 0 Å². The zero-order valence-corrected chi connectivity index (χ0v) is 19.7. The first-order valence-electron chi connectivity index (χ1n) is 11.4. The summed E-state index contributed by atoms with van der Waals surface area (Å²) >= 11 is 0. The van der Waals surface area contributed by atoms with E-state index in [1.807, 2.05) is 13.8 Å². The summed E-state index contributed by atoms with van der Waals surface area (Å²) in [6.45, 7) is 2.85. The minimum Gasteiger partial charge on any atom is -0.479 e. The standard InChI is InChI=1S/C24H25F3N4O5/c1-14(2)29-20(32)12-30-11-15-3-4-16(9-18(15)22(30)33)31-8-7-19(23(31)34)36-17-5-6-21(28-10-17)35-13-24(25,26)27/h3-6,9-10,14,19H,7-8,11-13H2,1-2H3,(H,29,32)/t19-/m1/s1. The zero-order chi connectivity index (χ0) is 26.0. The van der Waals surface area contributed by atoms with Gasteiger partial charge in [0, 0.05) is 42.9 Å². The largest absolute Gasteiger partial charge is 0.479 e. The Morgan fingerprint density at radius 3 is 2.67 bits per heavy atom. The number of fused-ring (bicyclic) bond motifs is 1. The Bertz CT molecular complexity index is 1150. The van der Waals surface area contributed by atoms with E-state index in [4.69, 9.17) is 4.74 Å². The highest BCUT2D eigenvalue weighted by molar-refractivity contribution is 6.03. The van der Waals surface area contributed by atoms with E-state index < -0.39 is 18.9 Å². The Morgan fingerprint density at radius 2 is 2.00 bits per heavy atom. The highest BCUT2D eigenvalue weighted by Gasteiger charge is 2.36. The maximum absolute atomic E-state index is 13.0. The summed E-state index contributed by atoms with van der Waals surface area (Å²) < 4.78 is 47.0. The molecule has 0 saturated carbocycles. The molecule has 0 spiro atoms. The fourth-order valence-corrected chi connectivity index (χ4v) is 4.05. The molecule has 1 fully saturated rings. The minimum atomic E-state index is -4.47. The maximum atomic E-state index is 13.0. The Balaban J connectivity index is 1.37. The van der Waals surface area contributed by atoms with Crippen molar-refractivity contribution in [2.75, 3.05) is 24.6 Å². The lowest BCUT2D eigenvalue weighted by Crippen LogP contribution is -2.40. The Labute approximate surface area is 205 Å². The topological polar surface area (TPSA) is 101 Å². The van der Waals surface area contributed by atoms with Crippen LogP contribution in [0.3, 0.4) is 0 Å². The molecule has 1 saturated heterocycles. The van der Waals surface area contributed by atoms with Crippen LogP contribution in [0.2, 0.25) is 0 Å². The van der Waals surface area contributed by atoms with E-state index in [1.165, 1.54) is 28.1 Å². The van der Waals surface area contributed by atoms with Crippen LogP contribution in [0, 0.1) is 0 Å². The van der Waals surface area contributed by atoms with Crippen molar-refractivity contribution in [3.63, 3.8) is 0 Å². The van der Waals surface area contributed by atoms with Crippen molar-refractivity contribution >= 4 is 23.4 Å². The number of benzene rings is 1. The molecular formula is C24H25F3N4O5. The number of carbonyl (C=O) groups is 3. The third-order valence-corrected chi connectivity index (χ3v) is 5.60. The first-order chi connectivity index (χ1) is 17.0. The number of rotatable bonds is 8. The third kappa shape index (κ3) is 5.86. The SMILES string of the molecule is CC(C)NC(=O)CN1Cc2ccc(N3CC[C@@H](Oc4ccc(OCC(F)(F)F)nc4)C3=O)cc2C1=O. The lowest BCUT2D eigenvalue weighted by molar-refractivity contribution is -0.154. The smallest absolute Gasteiger partial charge is 0.422 e. The summed E-state index contributed by atoms with van der Waals surface area (Å²) in [5, 5.41) is 2.76. The van der Waals surface area contributed by atoms with Crippen molar-refractivity contribution < 1.29 is 37.0 Å². The molecule has 0 bridgehead atoms. The number of hydrogen-bond acceptors (Lipinski definition) is 6. The number of carbonyl (C=O) groups excluding carboxylic acids is 3. The highest BCUT2D eigenvalue weighted by atomic mass is 19.4. The summed E-state index contributed by atoms with van der Waals surface area (Å²) in [5.41, 5.74) is 1.76. The molecule has 192 valence electrons. The maximum Gasteiger partial charge on any atom is 0.422 e. The van der Waals surface area contributed by atoms with Crippen molar-refractivity contribution in [2.45, 2.75) is 45.1 Å². The fourth-order valence-electron chi connectivity index (χ4n) is 4.05. The molecule has 0 aliphatic carbocycles. The number of pyridine rings is 1. The number of alkyl halides is 3. The number of halogens is 3. The van der Waals surface area contributed by atoms with Crippen LogP contribution in [0.1, 0.15) is 36.2 Å². The van der Waals surface area contributed by atoms with Crippen LogP contribution in [-0.4, -0.2) is 65.6 Å². The van der Waals surface area contributed by atoms with Gasteiger partial charge in [-0.1, -0.05) is 6.07 Å². The second-order valence-electron chi connectivity index (χ2n) is 8.85. The average molecular weight is 506 g/mol. The molecule has 2 aromatic rings.